The normalized spacial score (nSPS) is 19.1. The summed E-state index contributed by atoms with van der Waals surface area (Å²) in [6, 6.07) is 6.19. The largest absolute Gasteiger partial charge is 0.387 e. The zero-order valence-electron chi connectivity index (χ0n) is 10.2. The van der Waals surface area contributed by atoms with Crippen LogP contribution in [-0.4, -0.2) is 30.5 Å². The van der Waals surface area contributed by atoms with E-state index in [4.69, 9.17) is 0 Å². The average Bonchev–Trinajstić information content (AvgIpc) is 2.81. The van der Waals surface area contributed by atoms with Gasteiger partial charge in [-0.25, -0.2) is 0 Å². The van der Waals surface area contributed by atoms with E-state index in [1.165, 1.54) is 0 Å². The summed E-state index contributed by atoms with van der Waals surface area (Å²) in [6.07, 6.45) is 1.08. The standard InChI is InChI=1S/C13H18N2OS/c1-9-3-4-11(12(7-9)14-2)13(16)15-10-5-6-17-8-10/h3-4,7,10,14H,5-6,8H2,1-2H3,(H,15,16). The Morgan fingerprint density at radius 3 is 2.94 bits per heavy atom. The molecule has 0 aliphatic carbocycles. The lowest BCUT2D eigenvalue weighted by Crippen LogP contribution is -2.34. The molecule has 0 bridgehead atoms. The average molecular weight is 250 g/mol. The maximum atomic E-state index is 12.1. The molecule has 2 rings (SSSR count). The maximum absolute atomic E-state index is 12.1. The van der Waals surface area contributed by atoms with Gasteiger partial charge in [0.25, 0.3) is 5.91 Å². The summed E-state index contributed by atoms with van der Waals surface area (Å²) in [5.74, 6) is 2.21. The highest BCUT2D eigenvalue weighted by molar-refractivity contribution is 7.99. The Kier molecular flexibility index (Phi) is 3.94. The van der Waals surface area contributed by atoms with Crippen LogP contribution in [0.2, 0.25) is 0 Å². The van der Waals surface area contributed by atoms with Gasteiger partial charge in [-0.1, -0.05) is 6.07 Å². The zero-order chi connectivity index (χ0) is 12.3. The van der Waals surface area contributed by atoms with Gasteiger partial charge in [-0.2, -0.15) is 11.8 Å². The SMILES string of the molecule is CNc1cc(C)ccc1C(=O)NC1CCSC1. The second kappa shape index (κ2) is 5.45. The predicted molar refractivity (Wildman–Crippen MR) is 73.9 cm³/mol. The van der Waals surface area contributed by atoms with Crippen molar-refractivity contribution in [2.75, 3.05) is 23.9 Å². The molecule has 1 saturated heterocycles. The van der Waals surface area contributed by atoms with Crippen LogP contribution in [0.3, 0.4) is 0 Å². The Labute approximate surface area is 106 Å². The van der Waals surface area contributed by atoms with Gasteiger partial charge in [0.05, 0.1) is 5.56 Å². The maximum Gasteiger partial charge on any atom is 0.253 e. The summed E-state index contributed by atoms with van der Waals surface area (Å²) in [6.45, 7) is 2.02. The summed E-state index contributed by atoms with van der Waals surface area (Å²) in [4.78, 5) is 12.1. The molecule has 1 atom stereocenters. The Morgan fingerprint density at radius 2 is 2.29 bits per heavy atom. The second-order valence-corrected chi connectivity index (χ2v) is 5.48. The number of anilines is 1. The van der Waals surface area contributed by atoms with Crippen LogP contribution < -0.4 is 10.6 Å². The van der Waals surface area contributed by atoms with Crippen LogP contribution in [0.5, 0.6) is 0 Å². The second-order valence-electron chi connectivity index (χ2n) is 4.33. The van der Waals surface area contributed by atoms with E-state index in [0.29, 0.717) is 6.04 Å². The molecule has 92 valence electrons. The molecule has 0 saturated carbocycles. The molecule has 1 aromatic carbocycles. The summed E-state index contributed by atoms with van der Waals surface area (Å²) in [7, 11) is 1.84. The molecular weight excluding hydrogens is 232 g/mol. The molecular formula is C13H18N2OS. The zero-order valence-corrected chi connectivity index (χ0v) is 11.1. The van der Waals surface area contributed by atoms with Crippen LogP contribution in [0.25, 0.3) is 0 Å². The quantitative estimate of drug-likeness (QED) is 0.864. The van der Waals surface area contributed by atoms with Crippen molar-refractivity contribution in [2.45, 2.75) is 19.4 Å². The van der Waals surface area contributed by atoms with E-state index in [0.717, 1.165) is 34.7 Å². The summed E-state index contributed by atoms with van der Waals surface area (Å²) >= 11 is 1.90. The smallest absolute Gasteiger partial charge is 0.253 e. The fourth-order valence-corrected chi connectivity index (χ4v) is 3.13. The topological polar surface area (TPSA) is 41.1 Å². The fourth-order valence-electron chi connectivity index (χ4n) is 1.97. The van der Waals surface area contributed by atoms with Crippen molar-refractivity contribution in [1.82, 2.24) is 5.32 Å². The van der Waals surface area contributed by atoms with E-state index in [1.54, 1.807) is 0 Å². The Hall–Kier alpha value is -1.16. The molecule has 1 fully saturated rings. The minimum atomic E-state index is 0.0295. The monoisotopic (exact) mass is 250 g/mol. The van der Waals surface area contributed by atoms with Crippen molar-refractivity contribution >= 4 is 23.4 Å². The Morgan fingerprint density at radius 1 is 1.47 bits per heavy atom. The number of hydrogen-bond donors (Lipinski definition) is 2. The number of hydrogen-bond acceptors (Lipinski definition) is 3. The van der Waals surface area contributed by atoms with Crippen molar-refractivity contribution < 1.29 is 4.79 Å². The number of aryl methyl sites for hydroxylation is 1. The van der Waals surface area contributed by atoms with Crippen molar-refractivity contribution in [3.8, 4) is 0 Å². The number of carbonyl (C=O) groups is 1. The van der Waals surface area contributed by atoms with E-state index in [2.05, 4.69) is 10.6 Å². The molecule has 1 aromatic rings. The third kappa shape index (κ3) is 2.94. The number of benzene rings is 1. The summed E-state index contributed by atoms with van der Waals surface area (Å²) in [5.41, 5.74) is 2.78. The van der Waals surface area contributed by atoms with Crippen LogP contribution in [0.4, 0.5) is 5.69 Å². The van der Waals surface area contributed by atoms with Gasteiger partial charge in [0.2, 0.25) is 0 Å². The molecule has 0 spiro atoms. The van der Waals surface area contributed by atoms with Crippen molar-refractivity contribution in [3.63, 3.8) is 0 Å². The van der Waals surface area contributed by atoms with Gasteiger partial charge in [-0.05, 0) is 36.8 Å². The highest BCUT2D eigenvalue weighted by Gasteiger charge is 2.19. The summed E-state index contributed by atoms with van der Waals surface area (Å²) < 4.78 is 0. The van der Waals surface area contributed by atoms with E-state index < -0.39 is 0 Å². The van der Waals surface area contributed by atoms with Crippen LogP contribution >= 0.6 is 11.8 Å². The van der Waals surface area contributed by atoms with Gasteiger partial charge >= 0.3 is 0 Å². The lowest BCUT2D eigenvalue weighted by atomic mass is 10.1. The van der Waals surface area contributed by atoms with E-state index in [-0.39, 0.29) is 5.91 Å². The van der Waals surface area contributed by atoms with Gasteiger partial charge in [0.15, 0.2) is 0 Å². The van der Waals surface area contributed by atoms with E-state index >= 15 is 0 Å². The third-order valence-electron chi connectivity index (χ3n) is 2.95. The van der Waals surface area contributed by atoms with Gasteiger partial charge in [-0.15, -0.1) is 0 Å². The highest BCUT2D eigenvalue weighted by atomic mass is 32.2. The highest BCUT2D eigenvalue weighted by Crippen LogP contribution is 2.20. The number of nitrogens with one attached hydrogen (secondary N) is 2. The molecule has 1 heterocycles. The third-order valence-corrected chi connectivity index (χ3v) is 4.12. The molecule has 0 radical (unpaired) electrons. The number of carbonyl (C=O) groups excluding carboxylic acids is 1. The minimum Gasteiger partial charge on any atom is -0.387 e. The fraction of sp³-hybridized carbons (Fsp3) is 0.462. The molecule has 1 aliphatic heterocycles. The molecule has 0 aromatic heterocycles. The molecule has 1 unspecified atom stereocenters. The van der Waals surface area contributed by atoms with Crippen LogP contribution in [-0.2, 0) is 0 Å². The molecule has 2 N–H and O–H groups in total. The Bertz CT molecular complexity index is 414. The summed E-state index contributed by atoms with van der Waals surface area (Å²) in [5, 5.41) is 6.17. The van der Waals surface area contributed by atoms with Crippen LogP contribution in [0.1, 0.15) is 22.3 Å². The molecule has 1 amide bonds. The van der Waals surface area contributed by atoms with Crippen molar-refractivity contribution in [3.05, 3.63) is 29.3 Å². The Balaban J connectivity index is 2.12. The lowest BCUT2D eigenvalue weighted by molar-refractivity contribution is 0.0942. The van der Waals surface area contributed by atoms with Gasteiger partial charge in [0, 0.05) is 24.5 Å². The van der Waals surface area contributed by atoms with Crippen LogP contribution in [0, 0.1) is 6.92 Å². The first-order valence-corrected chi connectivity index (χ1v) is 7.03. The van der Waals surface area contributed by atoms with E-state index in [1.807, 2.05) is 43.9 Å². The van der Waals surface area contributed by atoms with Crippen LogP contribution in [0.15, 0.2) is 18.2 Å². The van der Waals surface area contributed by atoms with Gasteiger partial charge < -0.3 is 10.6 Å². The number of thioether (sulfide) groups is 1. The lowest BCUT2D eigenvalue weighted by Gasteiger charge is -2.14. The van der Waals surface area contributed by atoms with E-state index in [9.17, 15) is 4.79 Å². The first-order valence-electron chi connectivity index (χ1n) is 5.87. The van der Waals surface area contributed by atoms with Crippen molar-refractivity contribution in [1.29, 1.82) is 0 Å². The minimum absolute atomic E-state index is 0.0295. The first kappa shape index (κ1) is 12.3. The van der Waals surface area contributed by atoms with Gasteiger partial charge in [-0.3, -0.25) is 4.79 Å². The molecule has 3 nitrogen and oxygen atoms in total. The molecule has 17 heavy (non-hydrogen) atoms. The molecule has 1 aliphatic rings. The van der Waals surface area contributed by atoms with Crippen molar-refractivity contribution in [2.24, 2.45) is 0 Å². The first-order chi connectivity index (χ1) is 8.20. The number of rotatable bonds is 3. The number of amides is 1. The molecule has 4 heteroatoms. The van der Waals surface area contributed by atoms with Gasteiger partial charge in [0.1, 0.15) is 0 Å². The predicted octanol–water partition coefficient (Wildman–Crippen LogP) is 2.27.